The molecule has 0 atom stereocenters. The molecule has 1 saturated carbocycles. The predicted octanol–water partition coefficient (Wildman–Crippen LogP) is 3.59. The number of rotatable bonds is 3. The Morgan fingerprint density at radius 2 is 1.65 bits per heavy atom. The molecule has 2 aromatic carbocycles. The van der Waals surface area contributed by atoms with Crippen molar-refractivity contribution in [1.82, 2.24) is 0 Å². The minimum atomic E-state index is -0.289. The van der Waals surface area contributed by atoms with Crippen LogP contribution in [0.2, 0.25) is 0 Å². The van der Waals surface area contributed by atoms with Crippen LogP contribution in [0, 0.1) is 0 Å². The van der Waals surface area contributed by atoms with Crippen molar-refractivity contribution in [3.8, 4) is 11.5 Å². The third kappa shape index (κ3) is 1.93. The van der Waals surface area contributed by atoms with E-state index in [1.807, 2.05) is 12.1 Å². The van der Waals surface area contributed by atoms with Gasteiger partial charge in [-0.2, -0.15) is 0 Å². The molecule has 0 saturated heterocycles. The maximum atomic E-state index is 6.64. The highest BCUT2D eigenvalue weighted by Gasteiger charge is 2.35. The van der Waals surface area contributed by atoms with Crippen molar-refractivity contribution in [2.75, 3.05) is 14.2 Å². The van der Waals surface area contributed by atoms with E-state index in [0.717, 1.165) is 40.7 Å². The summed E-state index contributed by atoms with van der Waals surface area (Å²) >= 11 is 0. The SMILES string of the molecule is COc1cc(C2(N)CCCC2)c(OC)c2ccccc12. The second kappa shape index (κ2) is 4.98. The van der Waals surface area contributed by atoms with Gasteiger partial charge in [0.05, 0.1) is 14.2 Å². The molecule has 2 aromatic rings. The van der Waals surface area contributed by atoms with Gasteiger partial charge in [-0.1, -0.05) is 37.1 Å². The van der Waals surface area contributed by atoms with Crippen LogP contribution < -0.4 is 15.2 Å². The molecular weight excluding hydrogens is 250 g/mol. The molecule has 0 radical (unpaired) electrons. The molecule has 1 fully saturated rings. The number of nitrogens with two attached hydrogens (primary N) is 1. The van der Waals surface area contributed by atoms with E-state index in [1.165, 1.54) is 12.8 Å². The Bertz CT molecular complexity index is 630. The topological polar surface area (TPSA) is 44.5 Å². The lowest BCUT2D eigenvalue weighted by Crippen LogP contribution is -2.33. The van der Waals surface area contributed by atoms with E-state index >= 15 is 0 Å². The summed E-state index contributed by atoms with van der Waals surface area (Å²) in [7, 11) is 3.42. The second-order valence-electron chi connectivity index (χ2n) is 5.57. The first kappa shape index (κ1) is 13.3. The first-order valence-electron chi connectivity index (χ1n) is 7.13. The van der Waals surface area contributed by atoms with Gasteiger partial charge in [-0.15, -0.1) is 0 Å². The monoisotopic (exact) mass is 271 g/mol. The van der Waals surface area contributed by atoms with Crippen molar-refractivity contribution in [2.24, 2.45) is 5.73 Å². The molecule has 0 unspecified atom stereocenters. The van der Waals surface area contributed by atoms with Crippen LogP contribution in [-0.4, -0.2) is 14.2 Å². The summed E-state index contributed by atoms with van der Waals surface area (Å²) in [6.45, 7) is 0. The van der Waals surface area contributed by atoms with E-state index in [0.29, 0.717) is 0 Å². The van der Waals surface area contributed by atoms with E-state index in [2.05, 4.69) is 18.2 Å². The van der Waals surface area contributed by atoms with Gasteiger partial charge in [0.2, 0.25) is 0 Å². The Labute approximate surface area is 119 Å². The summed E-state index contributed by atoms with van der Waals surface area (Å²) in [5, 5.41) is 2.14. The average Bonchev–Trinajstić information content (AvgIpc) is 2.93. The first-order chi connectivity index (χ1) is 9.69. The van der Waals surface area contributed by atoms with Crippen LogP contribution in [0.15, 0.2) is 30.3 Å². The van der Waals surface area contributed by atoms with Crippen molar-refractivity contribution < 1.29 is 9.47 Å². The lowest BCUT2D eigenvalue weighted by molar-refractivity contribution is 0.377. The van der Waals surface area contributed by atoms with Gasteiger partial charge in [-0.3, -0.25) is 0 Å². The molecule has 0 heterocycles. The fourth-order valence-corrected chi connectivity index (χ4v) is 3.35. The Morgan fingerprint density at radius 1 is 1.00 bits per heavy atom. The highest BCUT2D eigenvalue weighted by Crippen LogP contribution is 2.46. The normalized spacial score (nSPS) is 17.4. The van der Waals surface area contributed by atoms with Crippen LogP contribution in [0.1, 0.15) is 31.2 Å². The summed E-state index contributed by atoms with van der Waals surface area (Å²) in [4.78, 5) is 0. The van der Waals surface area contributed by atoms with Crippen LogP contribution in [0.3, 0.4) is 0 Å². The quantitative estimate of drug-likeness (QED) is 0.928. The molecule has 20 heavy (non-hydrogen) atoms. The minimum Gasteiger partial charge on any atom is -0.496 e. The summed E-state index contributed by atoms with van der Waals surface area (Å²) in [6, 6.07) is 10.2. The zero-order valence-electron chi connectivity index (χ0n) is 12.1. The molecule has 0 aromatic heterocycles. The summed E-state index contributed by atoms with van der Waals surface area (Å²) in [5.41, 5.74) is 7.42. The second-order valence-corrected chi connectivity index (χ2v) is 5.57. The van der Waals surface area contributed by atoms with Crippen molar-refractivity contribution in [1.29, 1.82) is 0 Å². The van der Waals surface area contributed by atoms with Crippen LogP contribution in [0.25, 0.3) is 10.8 Å². The highest BCUT2D eigenvalue weighted by molar-refractivity contribution is 5.95. The van der Waals surface area contributed by atoms with E-state index in [1.54, 1.807) is 14.2 Å². The number of benzene rings is 2. The van der Waals surface area contributed by atoms with Crippen molar-refractivity contribution >= 4 is 10.8 Å². The number of hydrogen-bond donors (Lipinski definition) is 1. The van der Waals surface area contributed by atoms with Crippen molar-refractivity contribution in [3.63, 3.8) is 0 Å². The molecule has 106 valence electrons. The van der Waals surface area contributed by atoms with Gasteiger partial charge in [0.1, 0.15) is 11.5 Å². The molecule has 3 nitrogen and oxygen atoms in total. The summed E-state index contributed by atoms with van der Waals surface area (Å²) < 4.78 is 11.3. The van der Waals surface area contributed by atoms with Gasteiger partial charge in [0.15, 0.2) is 0 Å². The molecule has 2 N–H and O–H groups in total. The lowest BCUT2D eigenvalue weighted by atomic mass is 9.86. The fourth-order valence-electron chi connectivity index (χ4n) is 3.35. The number of hydrogen-bond acceptors (Lipinski definition) is 3. The molecule has 1 aliphatic rings. The van der Waals surface area contributed by atoms with Gasteiger partial charge in [0, 0.05) is 21.9 Å². The largest absolute Gasteiger partial charge is 0.496 e. The Kier molecular flexibility index (Phi) is 3.30. The van der Waals surface area contributed by atoms with Gasteiger partial charge in [-0.25, -0.2) is 0 Å². The molecule has 0 aliphatic heterocycles. The molecule has 0 amide bonds. The van der Waals surface area contributed by atoms with E-state index < -0.39 is 0 Å². The van der Waals surface area contributed by atoms with Crippen molar-refractivity contribution in [3.05, 3.63) is 35.9 Å². The molecule has 1 aliphatic carbocycles. The Morgan fingerprint density at radius 3 is 2.25 bits per heavy atom. The van der Waals surface area contributed by atoms with Crippen LogP contribution in [-0.2, 0) is 5.54 Å². The maximum absolute atomic E-state index is 6.64. The highest BCUT2D eigenvalue weighted by atomic mass is 16.5. The average molecular weight is 271 g/mol. The Hall–Kier alpha value is -1.74. The van der Waals surface area contributed by atoms with Crippen LogP contribution in [0.4, 0.5) is 0 Å². The third-order valence-electron chi connectivity index (χ3n) is 4.41. The van der Waals surface area contributed by atoms with E-state index in [4.69, 9.17) is 15.2 Å². The van der Waals surface area contributed by atoms with E-state index in [9.17, 15) is 0 Å². The van der Waals surface area contributed by atoms with Gasteiger partial charge in [-0.05, 0) is 18.9 Å². The first-order valence-corrected chi connectivity index (χ1v) is 7.13. The standard InChI is InChI=1S/C17H21NO2/c1-19-15-11-14(17(18)9-5-6-10-17)16(20-2)13-8-4-3-7-12(13)15/h3-4,7-8,11H,5-6,9-10,18H2,1-2H3. The van der Waals surface area contributed by atoms with Crippen LogP contribution >= 0.6 is 0 Å². The van der Waals surface area contributed by atoms with Crippen molar-refractivity contribution in [2.45, 2.75) is 31.2 Å². The van der Waals surface area contributed by atoms with Gasteiger partial charge in [0.25, 0.3) is 0 Å². The third-order valence-corrected chi connectivity index (χ3v) is 4.41. The molecule has 0 bridgehead atoms. The maximum Gasteiger partial charge on any atom is 0.132 e. The molecule has 3 rings (SSSR count). The number of fused-ring (bicyclic) bond motifs is 1. The smallest absolute Gasteiger partial charge is 0.132 e. The molecular formula is C17H21NO2. The zero-order valence-corrected chi connectivity index (χ0v) is 12.1. The number of ether oxygens (including phenoxy) is 2. The number of methoxy groups -OCH3 is 2. The van der Waals surface area contributed by atoms with E-state index in [-0.39, 0.29) is 5.54 Å². The van der Waals surface area contributed by atoms with Gasteiger partial charge < -0.3 is 15.2 Å². The van der Waals surface area contributed by atoms with Crippen LogP contribution in [0.5, 0.6) is 11.5 Å². The summed E-state index contributed by atoms with van der Waals surface area (Å²) in [6.07, 6.45) is 4.36. The molecule has 3 heteroatoms. The van der Waals surface area contributed by atoms with Gasteiger partial charge >= 0.3 is 0 Å². The summed E-state index contributed by atoms with van der Waals surface area (Å²) in [5.74, 6) is 1.76. The Balaban J connectivity index is 2.31. The lowest BCUT2D eigenvalue weighted by Gasteiger charge is -2.28. The zero-order chi connectivity index (χ0) is 14.2. The molecule has 0 spiro atoms. The predicted molar refractivity (Wildman–Crippen MR) is 81.4 cm³/mol. The fraction of sp³-hybridized carbons (Fsp3) is 0.412. The minimum absolute atomic E-state index is 0.289.